The van der Waals surface area contributed by atoms with Crippen molar-refractivity contribution in [1.29, 1.82) is 0 Å². The first-order chi connectivity index (χ1) is 9.16. The summed E-state index contributed by atoms with van der Waals surface area (Å²) in [6.07, 6.45) is 0. The summed E-state index contributed by atoms with van der Waals surface area (Å²) < 4.78 is 25.6. The van der Waals surface area contributed by atoms with Crippen LogP contribution in [0.2, 0.25) is 0 Å². The van der Waals surface area contributed by atoms with Crippen LogP contribution in [0.15, 0.2) is 58.3 Å². The molecule has 2 aromatic rings. The maximum absolute atomic E-state index is 13.6. The van der Waals surface area contributed by atoms with Gasteiger partial charge in [0.15, 0.2) is 0 Å². The van der Waals surface area contributed by atoms with Crippen LogP contribution in [0.1, 0.15) is 0 Å². The Morgan fingerprint density at radius 2 is 1.89 bits per heavy atom. The number of rotatable bonds is 5. The molecule has 0 fully saturated rings. The Morgan fingerprint density at radius 3 is 2.58 bits per heavy atom. The second-order valence-corrected chi connectivity index (χ2v) is 6.61. The van der Waals surface area contributed by atoms with Crippen molar-refractivity contribution < 1.29 is 8.60 Å². The quantitative estimate of drug-likeness (QED) is 0.680. The molecule has 2 nitrogen and oxygen atoms in total. The van der Waals surface area contributed by atoms with Gasteiger partial charge in [0.25, 0.3) is 0 Å². The summed E-state index contributed by atoms with van der Waals surface area (Å²) in [4.78, 5) is 1.35. The van der Waals surface area contributed by atoms with Gasteiger partial charge in [0.1, 0.15) is 5.82 Å². The third-order valence-electron chi connectivity index (χ3n) is 2.48. The molecule has 0 saturated carbocycles. The second kappa shape index (κ2) is 6.73. The van der Waals surface area contributed by atoms with Crippen molar-refractivity contribution in [1.82, 2.24) is 0 Å². The van der Waals surface area contributed by atoms with E-state index in [0.29, 0.717) is 17.2 Å². The SMILES string of the molecule is Nc1ccc(S(=O)CCSc2ccccc2)c(F)c1. The van der Waals surface area contributed by atoms with E-state index < -0.39 is 16.6 Å². The van der Waals surface area contributed by atoms with Gasteiger partial charge in [-0.05, 0) is 30.3 Å². The van der Waals surface area contributed by atoms with Crippen molar-refractivity contribution in [2.75, 3.05) is 17.2 Å². The van der Waals surface area contributed by atoms with Gasteiger partial charge in [-0.3, -0.25) is 4.21 Å². The number of nitrogen functional groups attached to an aromatic ring is 1. The van der Waals surface area contributed by atoms with E-state index in [2.05, 4.69) is 0 Å². The van der Waals surface area contributed by atoms with Crippen molar-refractivity contribution in [3.63, 3.8) is 0 Å². The Kier molecular flexibility index (Phi) is 4.99. The zero-order valence-electron chi connectivity index (χ0n) is 10.2. The molecule has 5 heteroatoms. The van der Waals surface area contributed by atoms with E-state index in [1.165, 1.54) is 12.1 Å². The van der Waals surface area contributed by atoms with Gasteiger partial charge in [-0.1, -0.05) is 18.2 Å². The van der Waals surface area contributed by atoms with Crippen molar-refractivity contribution >= 4 is 28.2 Å². The average Bonchev–Trinajstić information content (AvgIpc) is 2.39. The first kappa shape index (κ1) is 14.1. The molecule has 0 aromatic heterocycles. The second-order valence-electron chi connectivity index (χ2n) is 3.90. The van der Waals surface area contributed by atoms with Crippen LogP contribution >= 0.6 is 11.8 Å². The van der Waals surface area contributed by atoms with Crippen molar-refractivity contribution in [2.24, 2.45) is 0 Å². The van der Waals surface area contributed by atoms with Crippen LogP contribution in [0.5, 0.6) is 0 Å². The molecule has 1 unspecified atom stereocenters. The largest absolute Gasteiger partial charge is 0.399 e. The Labute approximate surface area is 118 Å². The summed E-state index contributed by atoms with van der Waals surface area (Å²) in [5.41, 5.74) is 5.81. The van der Waals surface area contributed by atoms with Gasteiger partial charge >= 0.3 is 0 Å². The van der Waals surface area contributed by atoms with E-state index >= 15 is 0 Å². The van der Waals surface area contributed by atoms with Crippen LogP contribution in [-0.4, -0.2) is 15.7 Å². The summed E-state index contributed by atoms with van der Waals surface area (Å²) in [7, 11) is -1.33. The molecular weight excluding hydrogens is 281 g/mol. The van der Waals surface area contributed by atoms with Crippen LogP contribution in [-0.2, 0) is 10.8 Å². The molecule has 0 aliphatic rings. The summed E-state index contributed by atoms with van der Waals surface area (Å²) in [6.45, 7) is 0. The van der Waals surface area contributed by atoms with Gasteiger partial charge < -0.3 is 5.73 Å². The molecule has 0 aliphatic carbocycles. The van der Waals surface area contributed by atoms with Gasteiger partial charge in [0.2, 0.25) is 0 Å². The lowest BCUT2D eigenvalue weighted by atomic mass is 10.3. The van der Waals surface area contributed by atoms with Crippen molar-refractivity contribution in [3.8, 4) is 0 Å². The molecular formula is C14H14FNOS2. The molecule has 19 heavy (non-hydrogen) atoms. The predicted octanol–water partition coefficient (Wildman–Crippen LogP) is 3.31. The highest BCUT2D eigenvalue weighted by Crippen LogP contribution is 2.20. The fraction of sp³-hybridized carbons (Fsp3) is 0.143. The molecule has 0 spiro atoms. The molecule has 0 radical (unpaired) electrons. The zero-order chi connectivity index (χ0) is 13.7. The lowest BCUT2D eigenvalue weighted by Crippen LogP contribution is -2.03. The minimum absolute atomic E-state index is 0.225. The normalized spacial score (nSPS) is 12.3. The third kappa shape index (κ3) is 4.08. The summed E-state index contributed by atoms with van der Waals surface area (Å²) in [5, 5.41) is 0. The van der Waals surface area contributed by atoms with E-state index in [1.807, 2.05) is 30.3 Å². The maximum Gasteiger partial charge on any atom is 0.141 e. The number of benzene rings is 2. The first-order valence-corrected chi connectivity index (χ1v) is 8.08. The maximum atomic E-state index is 13.6. The highest BCUT2D eigenvalue weighted by molar-refractivity contribution is 8.00. The fourth-order valence-corrected chi connectivity index (χ4v) is 3.80. The summed E-state index contributed by atoms with van der Waals surface area (Å²) in [6, 6.07) is 14.1. The van der Waals surface area contributed by atoms with Gasteiger partial charge in [-0.25, -0.2) is 4.39 Å². The molecule has 0 saturated heterocycles. The van der Waals surface area contributed by atoms with E-state index in [-0.39, 0.29) is 4.90 Å². The Morgan fingerprint density at radius 1 is 1.16 bits per heavy atom. The van der Waals surface area contributed by atoms with Crippen LogP contribution in [0.3, 0.4) is 0 Å². The number of halogens is 1. The minimum atomic E-state index is -1.33. The zero-order valence-corrected chi connectivity index (χ0v) is 11.8. The molecule has 2 N–H and O–H groups in total. The first-order valence-electron chi connectivity index (χ1n) is 5.78. The molecule has 0 bridgehead atoms. The van der Waals surface area contributed by atoms with Crippen LogP contribution in [0.25, 0.3) is 0 Å². The average molecular weight is 295 g/mol. The lowest BCUT2D eigenvalue weighted by Gasteiger charge is -2.05. The Balaban J connectivity index is 1.91. The van der Waals surface area contributed by atoms with E-state index in [0.717, 1.165) is 4.90 Å². The van der Waals surface area contributed by atoms with E-state index in [9.17, 15) is 8.60 Å². The molecule has 0 heterocycles. The van der Waals surface area contributed by atoms with Gasteiger partial charge in [0, 0.05) is 22.1 Å². The number of nitrogens with two attached hydrogens (primary N) is 1. The number of hydrogen-bond donors (Lipinski definition) is 1. The standard InChI is InChI=1S/C14H14FNOS2/c15-13-10-11(16)6-7-14(13)19(17)9-8-18-12-4-2-1-3-5-12/h1-7,10H,8-9,16H2. The smallest absolute Gasteiger partial charge is 0.141 e. The number of anilines is 1. The monoisotopic (exact) mass is 295 g/mol. The van der Waals surface area contributed by atoms with E-state index in [4.69, 9.17) is 5.73 Å². The van der Waals surface area contributed by atoms with E-state index in [1.54, 1.807) is 17.8 Å². The predicted molar refractivity (Wildman–Crippen MR) is 79.3 cm³/mol. The van der Waals surface area contributed by atoms with Crippen molar-refractivity contribution in [2.45, 2.75) is 9.79 Å². The summed E-state index contributed by atoms with van der Waals surface area (Å²) >= 11 is 1.61. The molecule has 1 atom stereocenters. The number of thioether (sulfide) groups is 1. The van der Waals surface area contributed by atoms with Gasteiger partial charge in [-0.2, -0.15) is 0 Å². The highest BCUT2D eigenvalue weighted by atomic mass is 32.2. The highest BCUT2D eigenvalue weighted by Gasteiger charge is 2.10. The molecule has 2 aromatic carbocycles. The third-order valence-corrected chi connectivity index (χ3v) is 5.15. The van der Waals surface area contributed by atoms with Crippen LogP contribution in [0.4, 0.5) is 10.1 Å². The minimum Gasteiger partial charge on any atom is -0.399 e. The van der Waals surface area contributed by atoms with Crippen LogP contribution in [0, 0.1) is 5.82 Å². The molecule has 2 rings (SSSR count). The van der Waals surface area contributed by atoms with Crippen molar-refractivity contribution in [3.05, 3.63) is 54.3 Å². The van der Waals surface area contributed by atoms with Gasteiger partial charge in [-0.15, -0.1) is 11.8 Å². The lowest BCUT2D eigenvalue weighted by molar-refractivity contribution is 0.596. The van der Waals surface area contributed by atoms with Crippen LogP contribution < -0.4 is 5.73 Å². The fourth-order valence-electron chi connectivity index (χ4n) is 1.56. The Bertz CT molecular complexity index is 575. The molecule has 100 valence electrons. The molecule has 0 amide bonds. The summed E-state index contributed by atoms with van der Waals surface area (Å²) in [5.74, 6) is 0.601. The Hall–Kier alpha value is -1.33. The van der Waals surface area contributed by atoms with Gasteiger partial charge in [0.05, 0.1) is 15.7 Å². The topological polar surface area (TPSA) is 43.1 Å². The number of hydrogen-bond acceptors (Lipinski definition) is 3. The molecule has 0 aliphatic heterocycles.